The molecule has 0 atom stereocenters. The second-order valence-corrected chi connectivity index (χ2v) is 10.2. The molecule has 0 fully saturated rings. The van der Waals surface area contributed by atoms with E-state index < -0.39 is 10.0 Å². The molecule has 6 nitrogen and oxygen atoms in total. The Hall–Kier alpha value is -3.03. The van der Waals surface area contributed by atoms with Gasteiger partial charge in [0, 0.05) is 31.0 Å². The van der Waals surface area contributed by atoms with Crippen molar-refractivity contribution in [2.75, 3.05) is 29.3 Å². The van der Waals surface area contributed by atoms with Gasteiger partial charge in [0.05, 0.1) is 15.5 Å². The second kappa shape index (κ2) is 9.85. The lowest BCUT2D eigenvalue weighted by Gasteiger charge is -2.19. The molecule has 4 rings (SSSR count). The zero-order chi connectivity index (χ0) is 23.4. The number of rotatable bonds is 8. The van der Waals surface area contributed by atoms with Crippen LogP contribution in [0.4, 0.5) is 11.4 Å². The minimum atomic E-state index is -3.77. The van der Waals surface area contributed by atoms with Crippen LogP contribution in [0.15, 0.2) is 71.6 Å². The SMILES string of the molecule is Cc1ccc(S(=O)(=O)Nc2ccc(Cl)c(C(=O)NCCCN3CCc4ccccc43)c2)cc1. The van der Waals surface area contributed by atoms with Crippen molar-refractivity contribution in [2.45, 2.75) is 24.7 Å². The van der Waals surface area contributed by atoms with E-state index in [4.69, 9.17) is 11.6 Å². The van der Waals surface area contributed by atoms with Crippen molar-refractivity contribution >= 4 is 38.9 Å². The molecule has 1 aliphatic rings. The molecule has 3 aromatic carbocycles. The Morgan fingerprint density at radius 3 is 2.61 bits per heavy atom. The number of fused-ring (bicyclic) bond motifs is 1. The highest BCUT2D eigenvalue weighted by Crippen LogP contribution is 2.27. The molecule has 33 heavy (non-hydrogen) atoms. The van der Waals surface area contributed by atoms with E-state index in [9.17, 15) is 13.2 Å². The molecule has 1 amide bonds. The average molecular weight is 484 g/mol. The molecule has 0 radical (unpaired) electrons. The summed E-state index contributed by atoms with van der Waals surface area (Å²) < 4.78 is 27.8. The van der Waals surface area contributed by atoms with Crippen LogP contribution in [0, 0.1) is 6.92 Å². The summed E-state index contributed by atoms with van der Waals surface area (Å²) in [5.74, 6) is -0.335. The lowest BCUT2D eigenvalue weighted by Crippen LogP contribution is -2.29. The van der Waals surface area contributed by atoms with Gasteiger partial charge in [-0.15, -0.1) is 0 Å². The van der Waals surface area contributed by atoms with Crippen LogP contribution in [0.3, 0.4) is 0 Å². The lowest BCUT2D eigenvalue weighted by molar-refractivity contribution is 0.0953. The van der Waals surface area contributed by atoms with E-state index in [1.54, 1.807) is 24.3 Å². The molecular formula is C25H26ClN3O3S. The van der Waals surface area contributed by atoms with Crippen LogP contribution in [0.2, 0.25) is 5.02 Å². The van der Waals surface area contributed by atoms with E-state index in [1.807, 2.05) is 13.0 Å². The van der Waals surface area contributed by atoms with Gasteiger partial charge in [0.2, 0.25) is 0 Å². The molecule has 172 valence electrons. The fraction of sp³-hybridized carbons (Fsp3) is 0.240. The topological polar surface area (TPSA) is 78.5 Å². The number of nitrogens with zero attached hydrogens (tertiary/aromatic N) is 1. The molecule has 1 aliphatic heterocycles. The standard InChI is InChI=1S/C25H26ClN3O3S/c1-18-7-10-21(11-8-18)33(31,32)28-20-9-12-23(26)22(17-20)25(30)27-14-4-15-29-16-13-19-5-2-3-6-24(19)29/h2-3,5-12,17,28H,4,13-16H2,1H3,(H,27,30). The highest BCUT2D eigenvalue weighted by molar-refractivity contribution is 7.92. The summed E-state index contributed by atoms with van der Waals surface area (Å²) in [6.45, 7) is 4.22. The van der Waals surface area contributed by atoms with Crippen LogP contribution < -0.4 is 14.9 Å². The Morgan fingerprint density at radius 1 is 1.06 bits per heavy atom. The molecule has 3 aromatic rings. The third-order valence-corrected chi connectivity index (χ3v) is 7.40. The van der Waals surface area contributed by atoms with E-state index in [0.29, 0.717) is 6.54 Å². The summed E-state index contributed by atoms with van der Waals surface area (Å²) in [5, 5.41) is 3.15. The summed E-state index contributed by atoms with van der Waals surface area (Å²) in [6.07, 6.45) is 1.83. The zero-order valence-corrected chi connectivity index (χ0v) is 19.9. The van der Waals surface area contributed by atoms with Crippen molar-refractivity contribution in [3.63, 3.8) is 0 Å². The number of benzene rings is 3. The van der Waals surface area contributed by atoms with Crippen LogP contribution >= 0.6 is 11.6 Å². The van der Waals surface area contributed by atoms with E-state index in [-0.39, 0.29) is 27.1 Å². The number of sulfonamides is 1. The summed E-state index contributed by atoms with van der Waals surface area (Å²) in [7, 11) is -3.77. The molecule has 2 N–H and O–H groups in total. The van der Waals surface area contributed by atoms with Gasteiger partial charge >= 0.3 is 0 Å². The molecule has 0 bridgehead atoms. The van der Waals surface area contributed by atoms with E-state index in [0.717, 1.165) is 31.5 Å². The first-order chi connectivity index (χ1) is 15.8. The van der Waals surface area contributed by atoms with Crippen LogP contribution in [0.25, 0.3) is 0 Å². The smallest absolute Gasteiger partial charge is 0.261 e. The Balaban J connectivity index is 1.35. The van der Waals surface area contributed by atoms with Gasteiger partial charge < -0.3 is 10.2 Å². The molecule has 1 heterocycles. The molecule has 0 aromatic heterocycles. The maximum absolute atomic E-state index is 12.7. The third kappa shape index (κ3) is 5.49. The predicted molar refractivity (Wildman–Crippen MR) is 133 cm³/mol. The minimum Gasteiger partial charge on any atom is -0.371 e. The van der Waals surface area contributed by atoms with Crippen LogP contribution in [-0.2, 0) is 16.4 Å². The van der Waals surface area contributed by atoms with Crippen molar-refractivity contribution in [1.29, 1.82) is 0 Å². The van der Waals surface area contributed by atoms with Crippen molar-refractivity contribution in [2.24, 2.45) is 0 Å². The van der Waals surface area contributed by atoms with Crippen LogP contribution in [0.5, 0.6) is 0 Å². The maximum Gasteiger partial charge on any atom is 0.261 e. The van der Waals surface area contributed by atoms with Crippen LogP contribution in [0.1, 0.15) is 27.9 Å². The number of anilines is 2. The zero-order valence-electron chi connectivity index (χ0n) is 18.3. The summed E-state index contributed by atoms with van der Waals surface area (Å²) in [5.41, 5.74) is 4.10. The van der Waals surface area contributed by atoms with Crippen molar-refractivity contribution in [1.82, 2.24) is 5.32 Å². The number of para-hydroxylation sites is 1. The number of carbonyl (C=O) groups excluding carboxylic acids is 1. The Labute approximate surface area is 199 Å². The van der Waals surface area contributed by atoms with Gasteiger partial charge in [0.15, 0.2) is 0 Å². The first-order valence-electron chi connectivity index (χ1n) is 10.8. The fourth-order valence-corrected chi connectivity index (χ4v) is 5.15. The molecule has 0 unspecified atom stereocenters. The van der Waals surface area contributed by atoms with Crippen molar-refractivity contribution < 1.29 is 13.2 Å². The van der Waals surface area contributed by atoms with E-state index >= 15 is 0 Å². The van der Waals surface area contributed by atoms with Gasteiger partial charge in [-0.05, 0) is 61.7 Å². The number of carbonyl (C=O) groups is 1. The van der Waals surface area contributed by atoms with Gasteiger partial charge in [-0.2, -0.15) is 0 Å². The number of amides is 1. The molecule has 0 aliphatic carbocycles. The Bertz CT molecular complexity index is 1260. The van der Waals surface area contributed by atoms with Gasteiger partial charge in [-0.3, -0.25) is 9.52 Å². The monoisotopic (exact) mass is 483 g/mol. The lowest BCUT2D eigenvalue weighted by atomic mass is 10.2. The van der Waals surface area contributed by atoms with Gasteiger partial charge in [-0.1, -0.05) is 47.5 Å². The minimum absolute atomic E-state index is 0.150. The number of hydrogen-bond donors (Lipinski definition) is 2. The Morgan fingerprint density at radius 2 is 1.82 bits per heavy atom. The second-order valence-electron chi connectivity index (χ2n) is 8.09. The Kier molecular flexibility index (Phi) is 6.91. The van der Waals surface area contributed by atoms with Gasteiger partial charge in [0.25, 0.3) is 15.9 Å². The number of halogens is 1. The normalized spacial score (nSPS) is 13.0. The molecule has 0 saturated heterocycles. The van der Waals surface area contributed by atoms with Gasteiger partial charge in [-0.25, -0.2) is 8.42 Å². The first-order valence-corrected chi connectivity index (χ1v) is 12.7. The predicted octanol–water partition coefficient (Wildman–Crippen LogP) is 4.63. The molecular weight excluding hydrogens is 458 g/mol. The number of nitrogens with one attached hydrogen (secondary N) is 2. The maximum atomic E-state index is 12.7. The average Bonchev–Trinajstić information content (AvgIpc) is 3.21. The third-order valence-electron chi connectivity index (χ3n) is 5.67. The highest BCUT2D eigenvalue weighted by Gasteiger charge is 2.19. The largest absolute Gasteiger partial charge is 0.371 e. The summed E-state index contributed by atoms with van der Waals surface area (Å²) in [6, 6.07) is 19.4. The quantitative estimate of drug-likeness (QED) is 0.458. The molecule has 0 spiro atoms. The highest BCUT2D eigenvalue weighted by atomic mass is 35.5. The fourth-order valence-electron chi connectivity index (χ4n) is 3.90. The molecule has 8 heteroatoms. The number of hydrogen-bond acceptors (Lipinski definition) is 4. The van der Waals surface area contributed by atoms with Crippen molar-refractivity contribution in [3.8, 4) is 0 Å². The van der Waals surface area contributed by atoms with E-state index in [1.165, 1.54) is 29.4 Å². The summed E-state index contributed by atoms with van der Waals surface area (Å²) >= 11 is 6.22. The summed E-state index contributed by atoms with van der Waals surface area (Å²) in [4.78, 5) is 15.2. The number of aryl methyl sites for hydroxylation is 1. The van der Waals surface area contributed by atoms with Gasteiger partial charge in [0.1, 0.15) is 0 Å². The van der Waals surface area contributed by atoms with Crippen molar-refractivity contribution in [3.05, 3.63) is 88.4 Å². The van der Waals surface area contributed by atoms with Crippen LogP contribution in [-0.4, -0.2) is 34.0 Å². The molecule has 0 saturated carbocycles. The first kappa shape index (κ1) is 23.1. The van der Waals surface area contributed by atoms with E-state index in [2.05, 4.69) is 33.1 Å².